The minimum atomic E-state index is -0.00379. The minimum Gasteiger partial charge on any atom is -0.463 e. The first-order valence-electron chi connectivity index (χ1n) is 4.20. The van der Waals surface area contributed by atoms with Crippen LogP contribution >= 0.6 is 11.3 Å². The Morgan fingerprint density at radius 2 is 2.36 bits per heavy atom. The molecular formula is C10H9NO2S. The number of carbonyl (C=O) groups is 1. The van der Waals surface area contributed by atoms with Crippen LogP contribution in [-0.4, -0.2) is 10.8 Å². The minimum absolute atomic E-state index is 0.00379. The molecule has 0 aromatic carbocycles. The molecule has 0 spiro atoms. The molecule has 0 fully saturated rings. The summed E-state index contributed by atoms with van der Waals surface area (Å²) in [6.45, 7) is 3.45. The molecule has 14 heavy (non-hydrogen) atoms. The second-order valence-electron chi connectivity index (χ2n) is 2.96. The second-order valence-corrected chi connectivity index (χ2v) is 4.16. The van der Waals surface area contributed by atoms with Crippen LogP contribution in [0.4, 0.5) is 0 Å². The Bertz CT molecular complexity index is 456. The van der Waals surface area contributed by atoms with Gasteiger partial charge in [-0.05, 0) is 19.1 Å². The van der Waals surface area contributed by atoms with Crippen LogP contribution in [-0.2, 0) is 0 Å². The summed E-state index contributed by atoms with van der Waals surface area (Å²) in [6.07, 6.45) is 1.60. The molecular weight excluding hydrogens is 198 g/mol. The van der Waals surface area contributed by atoms with Crippen LogP contribution in [0.3, 0.4) is 0 Å². The summed E-state index contributed by atoms with van der Waals surface area (Å²) >= 11 is 1.40. The summed E-state index contributed by atoms with van der Waals surface area (Å²) in [6, 6.07) is 3.65. The molecule has 0 amide bonds. The van der Waals surface area contributed by atoms with Crippen LogP contribution in [0.15, 0.2) is 22.8 Å². The van der Waals surface area contributed by atoms with Crippen molar-refractivity contribution in [1.29, 1.82) is 0 Å². The standard InChI is InChI=1S/C10H9NO2S/c1-6(12)10-11-9(7(2)14-10)8-4-3-5-13-8/h3-5H,1-2H3. The maximum Gasteiger partial charge on any atom is 0.188 e. The lowest BCUT2D eigenvalue weighted by molar-refractivity contribution is 0.101. The molecule has 2 heterocycles. The number of aryl methyl sites for hydroxylation is 1. The average Bonchev–Trinajstić information content (AvgIpc) is 2.71. The van der Waals surface area contributed by atoms with Crippen LogP contribution in [0.5, 0.6) is 0 Å². The molecule has 2 aromatic heterocycles. The Balaban J connectivity index is 2.50. The molecule has 0 atom stereocenters. The number of hydrogen-bond acceptors (Lipinski definition) is 4. The van der Waals surface area contributed by atoms with E-state index in [-0.39, 0.29) is 5.78 Å². The van der Waals surface area contributed by atoms with E-state index in [0.29, 0.717) is 10.8 Å². The van der Waals surface area contributed by atoms with E-state index in [1.165, 1.54) is 18.3 Å². The number of Topliss-reactive ketones (excluding diaryl/α,β-unsaturated/α-hetero) is 1. The van der Waals surface area contributed by atoms with Crippen molar-refractivity contribution < 1.29 is 9.21 Å². The highest BCUT2D eigenvalue weighted by molar-refractivity contribution is 7.14. The second kappa shape index (κ2) is 3.38. The fourth-order valence-electron chi connectivity index (χ4n) is 1.19. The van der Waals surface area contributed by atoms with Crippen molar-refractivity contribution in [3.05, 3.63) is 28.3 Å². The summed E-state index contributed by atoms with van der Waals surface area (Å²) < 4.78 is 5.23. The predicted octanol–water partition coefficient (Wildman–Crippen LogP) is 2.91. The first-order valence-corrected chi connectivity index (χ1v) is 5.02. The molecule has 72 valence electrons. The normalized spacial score (nSPS) is 10.4. The SMILES string of the molecule is CC(=O)c1nc(-c2ccco2)c(C)s1. The largest absolute Gasteiger partial charge is 0.463 e. The summed E-state index contributed by atoms with van der Waals surface area (Å²) in [7, 11) is 0. The zero-order chi connectivity index (χ0) is 10.1. The molecule has 0 radical (unpaired) electrons. The Kier molecular flexibility index (Phi) is 2.21. The van der Waals surface area contributed by atoms with Gasteiger partial charge in [-0.3, -0.25) is 4.79 Å². The van der Waals surface area contributed by atoms with E-state index in [9.17, 15) is 4.79 Å². The van der Waals surface area contributed by atoms with Gasteiger partial charge in [0.25, 0.3) is 0 Å². The predicted molar refractivity (Wildman–Crippen MR) is 54.6 cm³/mol. The first-order chi connectivity index (χ1) is 6.68. The van der Waals surface area contributed by atoms with Crippen molar-refractivity contribution in [2.75, 3.05) is 0 Å². The van der Waals surface area contributed by atoms with Crippen molar-refractivity contribution >= 4 is 17.1 Å². The number of rotatable bonds is 2. The van der Waals surface area contributed by atoms with Gasteiger partial charge < -0.3 is 4.42 Å². The van der Waals surface area contributed by atoms with Gasteiger partial charge in [0, 0.05) is 11.8 Å². The van der Waals surface area contributed by atoms with Gasteiger partial charge in [-0.1, -0.05) is 0 Å². The third-order valence-electron chi connectivity index (χ3n) is 1.85. The van der Waals surface area contributed by atoms with Crippen molar-refractivity contribution in [2.45, 2.75) is 13.8 Å². The lowest BCUT2D eigenvalue weighted by Crippen LogP contribution is -1.89. The maximum absolute atomic E-state index is 11.1. The zero-order valence-electron chi connectivity index (χ0n) is 7.90. The van der Waals surface area contributed by atoms with Crippen molar-refractivity contribution in [3.8, 4) is 11.5 Å². The molecule has 4 heteroatoms. The summed E-state index contributed by atoms with van der Waals surface area (Å²) in [5.74, 6) is 0.710. The highest BCUT2D eigenvalue weighted by Gasteiger charge is 2.13. The number of carbonyl (C=O) groups excluding carboxylic acids is 1. The van der Waals surface area contributed by atoms with Gasteiger partial charge >= 0.3 is 0 Å². The van der Waals surface area contributed by atoms with Crippen molar-refractivity contribution in [3.63, 3.8) is 0 Å². The van der Waals surface area contributed by atoms with E-state index in [1.54, 1.807) is 6.26 Å². The number of ketones is 1. The summed E-state index contributed by atoms with van der Waals surface area (Å²) in [4.78, 5) is 16.3. The third kappa shape index (κ3) is 1.48. The Morgan fingerprint density at radius 3 is 2.86 bits per heavy atom. The topological polar surface area (TPSA) is 43.1 Å². The lowest BCUT2D eigenvalue weighted by atomic mass is 10.3. The molecule has 2 aromatic rings. The van der Waals surface area contributed by atoms with Gasteiger partial charge in [0.1, 0.15) is 5.69 Å². The van der Waals surface area contributed by atoms with E-state index in [1.807, 2.05) is 19.1 Å². The van der Waals surface area contributed by atoms with E-state index in [2.05, 4.69) is 4.98 Å². The summed E-state index contributed by atoms with van der Waals surface area (Å²) in [5, 5.41) is 0.536. The molecule has 0 aliphatic heterocycles. The van der Waals surface area contributed by atoms with E-state index in [0.717, 1.165) is 10.6 Å². The molecule has 0 N–H and O–H groups in total. The fraction of sp³-hybridized carbons (Fsp3) is 0.200. The first kappa shape index (κ1) is 9.15. The average molecular weight is 207 g/mol. The zero-order valence-corrected chi connectivity index (χ0v) is 8.72. The van der Waals surface area contributed by atoms with Gasteiger partial charge in [0.2, 0.25) is 0 Å². The number of aromatic nitrogens is 1. The van der Waals surface area contributed by atoms with Gasteiger partial charge in [-0.15, -0.1) is 11.3 Å². The van der Waals surface area contributed by atoms with Gasteiger partial charge in [0.15, 0.2) is 16.6 Å². The summed E-state index contributed by atoms with van der Waals surface area (Å²) in [5.41, 5.74) is 0.769. The van der Waals surface area contributed by atoms with Crippen LogP contribution in [0, 0.1) is 6.92 Å². The number of hydrogen-bond donors (Lipinski definition) is 0. The molecule has 0 saturated heterocycles. The smallest absolute Gasteiger partial charge is 0.188 e. The van der Waals surface area contributed by atoms with Crippen LogP contribution in [0.2, 0.25) is 0 Å². The van der Waals surface area contributed by atoms with E-state index < -0.39 is 0 Å². The quantitative estimate of drug-likeness (QED) is 0.711. The van der Waals surface area contributed by atoms with Crippen LogP contribution in [0.1, 0.15) is 21.6 Å². The van der Waals surface area contributed by atoms with Crippen LogP contribution in [0.25, 0.3) is 11.5 Å². The number of nitrogens with zero attached hydrogens (tertiary/aromatic N) is 1. The number of thiazole rings is 1. The Labute approximate surface area is 85.4 Å². The maximum atomic E-state index is 11.1. The Hall–Kier alpha value is -1.42. The molecule has 0 saturated carbocycles. The molecule has 0 aliphatic rings. The monoisotopic (exact) mass is 207 g/mol. The highest BCUT2D eigenvalue weighted by Crippen LogP contribution is 2.27. The fourth-order valence-corrected chi connectivity index (χ4v) is 2.00. The van der Waals surface area contributed by atoms with Gasteiger partial charge in [-0.2, -0.15) is 0 Å². The van der Waals surface area contributed by atoms with E-state index in [4.69, 9.17) is 4.42 Å². The highest BCUT2D eigenvalue weighted by atomic mass is 32.1. The number of furan rings is 1. The molecule has 0 aliphatic carbocycles. The van der Waals surface area contributed by atoms with E-state index >= 15 is 0 Å². The molecule has 0 bridgehead atoms. The molecule has 0 unspecified atom stereocenters. The van der Waals surface area contributed by atoms with Gasteiger partial charge in [-0.25, -0.2) is 4.98 Å². The molecule has 2 rings (SSSR count). The van der Waals surface area contributed by atoms with Gasteiger partial charge in [0.05, 0.1) is 6.26 Å². The lowest BCUT2D eigenvalue weighted by Gasteiger charge is -1.89. The van der Waals surface area contributed by atoms with Crippen molar-refractivity contribution in [2.24, 2.45) is 0 Å². The molecule has 3 nitrogen and oxygen atoms in total. The Morgan fingerprint density at radius 1 is 1.57 bits per heavy atom. The van der Waals surface area contributed by atoms with Crippen LogP contribution < -0.4 is 0 Å². The van der Waals surface area contributed by atoms with Crippen molar-refractivity contribution in [1.82, 2.24) is 4.98 Å². The third-order valence-corrected chi connectivity index (χ3v) is 2.92.